The first-order valence-electron chi connectivity index (χ1n) is 11.2. The molecule has 4 aromatic rings. The van der Waals surface area contributed by atoms with Crippen molar-refractivity contribution in [3.8, 4) is 11.5 Å². The van der Waals surface area contributed by atoms with Crippen LogP contribution in [0.25, 0.3) is 11.0 Å². The first-order chi connectivity index (χ1) is 16.2. The van der Waals surface area contributed by atoms with Crippen LogP contribution in [0, 0.1) is 0 Å². The topological polar surface area (TPSA) is 81.8 Å². The summed E-state index contributed by atoms with van der Waals surface area (Å²) in [4.78, 5) is 15.2. The molecule has 1 N–H and O–H groups in total. The van der Waals surface area contributed by atoms with E-state index in [0.717, 1.165) is 49.2 Å². The number of piperidine rings is 1. The lowest BCUT2D eigenvalue weighted by molar-refractivity contribution is 0.102. The molecule has 0 saturated carbocycles. The van der Waals surface area contributed by atoms with E-state index in [2.05, 4.69) is 27.4 Å². The number of furan rings is 1. The summed E-state index contributed by atoms with van der Waals surface area (Å²) in [5.41, 5.74) is 1.45. The molecule has 0 atom stereocenters. The number of rotatable bonds is 5. The minimum absolute atomic E-state index is 0.183. The second-order valence-electron chi connectivity index (χ2n) is 8.44. The van der Waals surface area contributed by atoms with Crippen molar-refractivity contribution in [1.29, 1.82) is 0 Å². The maximum Gasteiger partial charge on any atom is 0.256 e. The van der Waals surface area contributed by atoms with Crippen LogP contribution in [0.1, 0.15) is 35.0 Å². The Bertz CT molecular complexity index is 1270. The highest BCUT2D eigenvalue weighted by molar-refractivity contribution is 6.04. The molecule has 0 bridgehead atoms. The number of likely N-dealkylation sites (tertiary alicyclic amines) is 1. The van der Waals surface area contributed by atoms with E-state index < -0.39 is 0 Å². The average molecular weight is 444 g/mol. The predicted octanol–water partition coefficient (Wildman–Crippen LogP) is 4.45. The Morgan fingerprint density at radius 3 is 2.76 bits per heavy atom. The van der Waals surface area contributed by atoms with Gasteiger partial charge in [0.1, 0.15) is 17.2 Å². The van der Waals surface area contributed by atoms with Crippen LogP contribution < -0.4 is 14.8 Å². The van der Waals surface area contributed by atoms with Crippen molar-refractivity contribution in [1.82, 2.24) is 14.7 Å². The number of ether oxygens (including phenoxy) is 2. The highest BCUT2D eigenvalue weighted by atomic mass is 16.7. The molecule has 1 saturated heterocycles. The number of fused-ring (bicyclic) bond motifs is 2. The summed E-state index contributed by atoms with van der Waals surface area (Å²) in [5.74, 6) is 2.75. The molecule has 2 aromatic heterocycles. The summed E-state index contributed by atoms with van der Waals surface area (Å²) >= 11 is 0. The highest BCUT2D eigenvalue weighted by Crippen LogP contribution is 2.33. The first kappa shape index (κ1) is 19.9. The molecule has 2 aromatic carbocycles. The molecular weight excluding hydrogens is 420 g/mol. The molecule has 8 nitrogen and oxygen atoms in total. The van der Waals surface area contributed by atoms with Crippen molar-refractivity contribution in [2.75, 3.05) is 25.2 Å². The molecule has 0 spiro atoms. The zero-order valence-electron chi connectivity index (χ0n) is 18.1. The fourth-order valence-corrected chi connectivity index (χ4v) is 4.59. The Kier molecular flexibility index (Phi) is 4.99. The van der Waals surface area contributed by atoms with E-state index in [4.69, 9.17) is 13.9 Å². The number of amides is 1. The van der Waals surface area contributed by atoms with Gasteiger partial charge >= 0.3 is 0 Å². The normalized spacial score (nSPS) is 16.4. The summed E-state index contributed by atoms with van der Waals surface area (Å²) < 4.78 is 18.6. The van der Waals surface area contributed by atoms with Gasteiger partial charge in [-0.15, -0.1) is 0 Å². The summed E-state index contributed by atoms with van der Waals surface area (Å²) in [6.07, 6.45) is 3.64. The number of carbonyl (C=O) groups is 1. The summed E-state index contributed by atoms with van der Waals surface area (Å²) in [7, 11) is 0. The van der Waals surface area contributed by atoms with Crippen LogP contribution in [0.15, 0.2) is 65.2 Å². The molecule has 0 radical (unpaired) electrons. The SMILES string of the molecule is O=C(Nc1ccnn1C1CCN(Cc2cc3ccccc3o2)CC1)c1ccc2c(c1)OCO2. The molecule has 2 aliphatic rings. The number of hydrogen-bond acceptors (Lipinski definition) is 6. The van der Waals surface area contributed by atoms with Gasteiger partial charge in [-0.05, 0) is 43.2 Å². The number of para-hydroxylation sites is 1. The smallest absolute Gasteiger partial charge is 0.256 e. The number of nitrogens with zero attached hydrogens (tertiary/aromatic N) is 3. The third kappa shape index (κ3) is 3.93. The molecule has 0 aliphatic carbocycles. The fraction of sp³-hybridized carbons (Fsp3) is 0.280. The number of hydrogen-bond donors (Lipinski definition) is 1. The third-order valence-electron chi connectivity index (χ3n) is 6.31. The average Bonchev–Trinajstić information content (AvgIpc) is 3.58. The largest absolute Gasteiger partial charge is 0.460 e. The molecule has 2 aliphatic heterocycles. The van der Waals surface area contributed by atoms with E-state index in [0.29, 0.717) is 22.9 Å². The van der Waals surface area contributed by atoms with Crippen molar-refractivity contribution in [3.63, 3.8) is 0 Å². The van der Waals surface area contributed by atoms with Gasteiger partial charge in [0.05, 0.1) is 18.8 Å². The summed E-state index contributed by atoms with van der Waals surface area (Å²) in [6.45, 7) is 2.87. The Hall–Kier alpha value is -3.78. The van der Waals surface area contributed by atoms with Crippen LogP contribution in [0.4, 0.5) is 5.82 Å². The van der Waals surface area contributed by atoms with Gasteiger partial charge in [-0.2, -0.15) is 5.10 Å². The first-order valence-corrected chi connectivity index (χ1v) is 11.2. The number of benzene rings is 2. The summed E-state index contributed by atoms with van der Waals surface area (Å²) in [5, 5.41) is 8.64. The minimum atomic E-state index is -0.197. The highest BCUT2D eigenvalue weighted by Gasteiger charge is 2.24. The zero-order chi connectivity index (χ0) is 22.2. The van der Waals surface area contributed by atoms with Crippen molar-refractivity contribution in [2.24, 2.45) is 0 Å². The van der Waals surface area contributed by atoms with E-state index in [1.807, 2.05) is 28.9 Å². The molecular formula is C25H24N4O4. The number of nitrogens with one attached hydrogen (secondary N) is 1. The van der Waals surface area contributed by atoms with Crippen LogP contribution in [0.5, 0.6) is 11.5 Å². The van der Waals surface area contributed by atoms with Crippen LogP contribution >= 0.6 is 0 Å². The van der Waals surface area contributed by atoms with E-state index >= 15 is 0 Å². The van der Waals surface area contributed by atoms with E-state index in [1.165, 1.54) is 0 Å². The van der Waals surface area contributed by atoms with E-state index in [9.17, 15) is 4.79 Å². The molecule has 1 amide bonds. The van der Waals surface area contributed by atoms with Gasteiger partial charge in [-0.25, -0.2) is 4.68 Å². The molecule has 8 heteroatoms. The molecule has 1 fully saturated rings. The molecule has 4 heterocycles. The Labute approximate surface area is 190 Å². The molecule has 168 valence electrons. The Morgan fingerprint density at radius 1 is 1.03 bits per heavy atom. The lowest BCUT2D eigenvalue weighted by Gasteiger charge is -2.32. The van der Waals surface area contributed by atoms with Crippen LogP contribution in [0.3, 0.4) is 0 Å². The third-order valence-corrected chi connectivity index (χ3v) is 6.31. The number of aromatic nitrogens is 2. The van der Waals surface area contributed by atoms with Gasteiger partial charge in [-0.3, -0.25) is 9.69 Å². The monoisotopic (exact) mass is 444 g/mol. The van der Waals surface area contributed by atoms with Gasteiger partial charge in [0.25, 0.3) is 5.91 Å². The van der Waals surface area contributed by atoms with Gasteiger partial charge in [0.15, 0.2) is 11.5 Å². The molecule has 33 heavy (non-hydrogen) atoms. The van der Waals surface area contributed by atoms with Crippen molar-refractivity contribution >= 4 is 22.7 Å². The standard InChI is InChI=1S/C25H24N4O4/c30-25(18-5-6-22-23(14-18)32-16-31-22)27-24-7-10-26-29(24)19-8-11-28(12-9-19)15-20-13-17-3-1-2-4-21(17)33-20/h1-7,10,13-14,19H,8-9,11-12,15-16H2,(H,27,30). The van der Waals surface area contributed by atoms with Gasteiger partial charge in [-0.1, -0.05) is 18.2 Å². The second-order valence-corrected chi connectivity index (χ2v) is 8.44. The van der Waals surface area contributed by atoms with Crippen molar-refractivity contribution in [2.45, 2.75) is 25.4 Å². The van der Waals surface area contributed by atoms with Crippen LogP contribution in [-0.4, -0.2) is 40.5 Å². The molecule has 0 unspecified atom stereocenters. The van der Waals surface area contributed by atoms with Gasteiger partial charge in [0, 0.05) is 30.1 Å². The van der Waals surface area contributed by atoms with E-state index in [1.54, 1.807) is 24.4 Å². The lowest BCUT2D eigenvalue weighted by Crippen LogP contribution is -2.34. The van der Waals surface area contributed by atoms with Crippen LogP contribution in [-0.2, 0) is 6.54 Å². The Balaban J connectivity index is 1.09. The number of anilines is 1. The van der Waals surface area contributed by atoms with Crippen molar-refractivity contribution < 1.29 is 18.7 Å². The van der Waals surface area contributed by atoms with Crippen LogP contribution in [0.2, 0.25) is 0 Å². The quantitative estimate of drug-likeness (QED) is 0.490. The van der Waals surface area contributed by atoms with Gasteiger partial charge in [0.2, 0.25) is 6.79 Å². The van der Waals surface area contributed by atoms with Gasteiger partial charge < -0.3 is 19.2 Å². The maximum atomic E-state index is 12.8. The zero-order valence-corrected chi connectivity index (χ0v) is 18.1. The molecule has 6 rings (SSSR count). The predicted molar refractivity (Wildman–Crippen MR) is 123 cm³/mol. The lowest BCUT2D eigenvalue weighted by atomic mass is 10.1. The number of carbonyl (C=O) groups excluding carboxylic acids is 1. The summed E-state index contributed by atoms with van der Waals surface area (Å²) in [6, 6.07) is 17.5. The van der Waals surface area contributed by atoms with E-state index in [-0.39, 0.29) is 18.7 Å². The maximum absolute atomic E-state index is 12.8. The minimum Gasteiger partial charge on any atom is -0.460 e. The fourth-order valence-electron chi connectivity index (χ4n) is 4.59. The second kappa shape index (κ2) is 8.29. The van der Waals surface area contributed by atoms with Crippen molar-refractivity contribution in [3.05, 3.63) is 72.1 Å². The Morgan fingerprint density at radius 2 is 1.88 bits per heavy atom.